The second-order valence-electron chi connectivity index (χ2n) is 4.14. The number of pyridine rings is 1. The summed E-state index contributed by atoms with van der Waals surface area (Å²) in [4.78, 5) is 4.59. The van der Waals surface area contributed by atoms with Crippen LogP contribution in [0.1, 0.15) is 36.7 Å². The molecule has 0 aromatic carbocycles. The van der Waals surface area contributed by atoms with Crippen molar-refractivity contribution in [1.82, 2.24) is 9.38 Å². The van der Waals surface area contributed by atoms with Crippen LogP contribution in [0.25, 0.3) is 5.65 Å². The van der Waals surface area contributed by atoms with Crippen LogP contribution in [0, 0.1) is 6.92 Å². The van der Waals surface area contributed by atoms with Crippen LogP contribution in [0.4, 0.5) is 0 Å². The summed E-state index contributed by atoms with van der Waals surface area (Å²) in [6, 6.07) is 4.01. The molecule has 2 aromatic rings. The normalized spacial score (nSPS) is 11.5. The van der Waals surface area contributed by atoms with E-state index in [1.54, 1.807) is 0 Å². The highest BCUT2D eigenvalue weighted by Gasteiger charge is 2.14. The van der Waals surface area contributed by atoms with Gasteiger partial charge >= 0.3 is 0 Å². The van der Waals surface area contributed by atoms with E-state index in [2.05, 4.69) is 18.8 Å². The third-order valence-electron chi connectivity index (χ3n) is 2.67. The molecule has 0 unspecified atom stereocenters. The van der Waals surface area contributed by atoms with Crippen molar-refractivity contribution in [3.63, 3.8) is 0 Å². The van der Waals surface area contributed by atoms with Crippen LogP contribution in [-0.2, 0) is 6.61 Å². The SMILES string of the molecule is Cc1cccn2c(CO)c(C(C)C)nc12. The number of rotatable bonds is 2. The molecule has 0 bridgehead atoms. The molecule has 3 heteroatoms. The van der Waals surface area contributed by atoms with Gasteiger partial charge in [0.1, 0.15) is 5.65 Å². The summed E-state index contributed by atoms with van der Waals surface area (Å²) in [5.74, 6) is 0.339. The van der Waals surface area contributed by atoms with E-state index < -0.39 is 0 Å². The molecule has 0 saturated heterocycles. The predicted molar refractivity (Wildman–Crippen MR) is 59.9 cm³/mol. The molecule has 0 saturated carbocycles. The van der Waals surface area contributed by atoms with E-state index in [9.17, 15) is 5.11 Å². The van der Waals surface area contributed by atoms with Crippen molar-refractivity contribution >= 4 is 5.65 Å². The fourth-order valence-electron chi connectivity index (χ4n) is 1.89. The van der Waals surface area contributed by atoms with E-state index in [1.807, 2.05) is 29.7 Å². The third kappa shape index (κ3) is 1.53. The van der Waals surface area contributed by atoms with Gasteiger partial charge in [0, 0.05) is 6.20 Å². The highest BCUT2D eigenvalue weighted by Crippen LogP contribution is 2.22. The molecule has 0 aliphatic rings. The second kappa shape index (κ2) is 3.66. The maximum atomic E-state index is 9.38. The second-order valence-corrected chi connectivity index (χ2v) is 4.14. The zero-order chi connectivity index (χ0) is 11.0. The largest absolute Gasteiger partial charge is 0.390 e. The Labute approximate surface area is 89.4 Å². The molecule has 1 N–H and O–H groups in total. The van der Waals surface area contributed by atoms with Crippen molar-refractivity contribution in [3.8, 4) is 0 Å². The average molecular weight is 204 g/mol. The number of hydrogen-bond donors (Lipinski definition) is 1. The lowest BCUT2D eigenvalue weighted by Crippen LogP contribution is -1.98. The quantitative estimate of drug-likeness (QED) is 0.814. The minimum atomic E-state index is 0.0398. The van der Waals surface area contributed by atoms with Gasteiger partial charge in [-0.15, -0.1) is 0 Å². The Morgan fingerprint density at radius 1 is 1.47 bits per heavy atom. The summed E-state index contributed by atoms with van der Waals surface area (Å²) in [6.07, 6.45) is 1.95. The first kappa shape index (κ1) is 10.2. The van der Waals surface area contributed by atoms with Crippen LogP contribution < -0.4 is 0 Å². The van der Waals surface area contributed by atoms with Crippen molar-refractivity contribution in [2.75, 3.05) is 0 Å². The molecular weight excluding hydrogens is 188 g/mol. The first-order chi connectivity index (χ1) is 7.15. The van der Waals surface area contributed by atoms with E-state index in [0.29, 0.717) is 5.92 Å². The highest BCUT2D eigenvalue weighted by molar-refractivity contribution is 5.50. The fraction of sp³-hybridized carbons (Fsp3) is 0.417. The van der Waals surface area contributed by atoms with Gasteiger partial charge in [-0.2, -0.15) is 0 Å². The zero-order valence-electron chi connectivity index (χ0n) is 9.36. The molecule has 0 amide bonds. The molecule has 2 aromatic heterocycles. The highest BCUT2D eigenvalue weighted by atomic mass is 16.3. The Balaban J connectivity index is 2.78. The summed E-state index contributed by atoms with van der Waals surface area (Å²) in [6.45, 7) is 6.26. The topological polar surface area (TPSA) is 37.5 Å². The lowest BCUT2D eigenvalue weighted by Gasteiger charge is -2.03. The van der Waals surface area contributed by atoms with Crippen LogP contribution in [0.3, 0.4) is 0 Å². The maximum Gasteiger partial charge on any atom is 0.140 e. The van der Waals surface area contributed by atoms with Crippen LogP contribution in [0.2, 0.25) is 0 Å². The van der Waals surface area contributed by atoms with Crippen molar-refractivity contribution < 1.29 is 5.11 Å². The van der Waals surface area contributed by atoms with Crippen molar-refractivity contribution in [2.24, 2.45) is 0 Å². The first-order valence-electron chi connectivity index (χ1n) is 5.22. The molecule has 0 spiro atoms. The lowest BCUT2D eigenvalue weighted by atomic mass is 10.1. The number of nitrogens with zero attached hydrogens (tertiary/aromatic N) is 2. The summed E-state index contributed by atoms with van der Waals surface area (Å²) in [5.41, 5.74) is 3.99. The number of aromatic nitrogens is 2. The summed E-state index contributed by atoms with van der Waals surface area (Å²) >= 11 is 0. The molecule has 15 heavy (non-hydrogen) atoms. The molecule has 0 aliphatic carbocycles. The molecule has 0 radical (unpaired) electrons. The van der Waals surface area contributed by atoms with Gasteiger partial charge in [-0.25, -0.2) is 4.98 Å². The van der Waals surface area contributed by atoms with Crippen molar-refractivity contribution in [1.29, 1.82) is 0 Å². The van der Waals surface area contributed by atoms with Gasteiger partial charge < -0.3 is 9.51 Å². The number of hydrogen-bond acceptors (Lipinski definition) is 2. The molecule has 2 rings (SSSR count). The molecule has 0 atom stereocenters. The van der Waals surface area contributed by atoms with E-state index >= 15 is 0 Å². The third-order valence-corrected chi connectivity index (χ3v) is 2.67. The minimum absolute atomic E-state index is 0.0398. The van der Waals surface area contributed by atoms with Crippen molar-refractivity contribution in [3.05, 3.63) is 35.3 Å². The Bertz CT molecular complexity index is 486. The Kier molecular flexibility index (Phi) is 2.49. The molecule has 80 valence electrons. The smallest absolute Gasteiger partial charge is 0.140 e. The fourth-order valence-corrected chi connectivity index (χ4v) is 1.89. The van der Waals surface area contributed by atoms with Crippen LogP contribution in [-0.4, -0.2) is 14.5 Å². The summed E-state index contributed by atoms with van der Waals surface area (Å²) in [7, 11) is 0. The number of imidazole rings is 1. The standard InChI is InChI=1S/C12H16N2O/c1-8(2)11-10(7-15)14-6-4-5-9(3)12(14)13-11/h4-6,8,15H,7H2,1-3H3. The molecule has 3 nitrogen and oxygen atoms in total. The number of aryl methyl sites for hydroxylation is 1. The lowest BCUT2D eigenvalue weighted by molar-refractivity contribution is 0.274. The van der Waals surface area contributed by atoms with E-state index in [1.165, 1.54) is 0 Å². The van der Waals surface area contributed by atoms with Gasteiger partial charge in [0.25, 0.3) is 0 Å². The van der Waals surface area contributed by atoms with Gasteiger partial charge in [-0.1, -0.05) is 19.9 Å². The maximum absolute atomic E-state index is 9.38. The van der Waals surface area contributed by atoms with Crippen LogP contribution in [0.15, 0.2) is 18.3 Å². The monoisotopic (exact) mass is 204 g/mol. The number of fused-ring (bicyclic) bond motifs is 1. The number of aliphatic hydroxyl groups is 1. The Morgan fingerprint density at radius 2 is 2.20 bits per heavy atom. The minimum Gasteiger partial charge on any atom is -0.390 e. The van der Waals surface area contributed by atoms with E-state index in [-0.39, 0.29) is 6.61 Å². The van der Waals surface area contributed by atoms with Gasteiger partial charge in [0.2, 0.25) is 0 Å². The molecule has 2 heterocycles. The zero-order valence-corrected chi connectivity index (χ0v) is 9.36. The van der Waals surface area contributed by atoms with Crippen LogP contribution in [0.5, 0.6) is 0 Å². The van der Waals surface area contributed by atoms with Gasteiger partial charge in [0.15, 0.2) is 0 Å². The van der Waals surface area contributed by atoms with Gasteiger partial charge in [-0.3, -0.25) is 0 Å². The van der Waals surface area contributed by atoms with Gasteiger partial charge in [0.05, 0.1) is 18.0 Å². The molecular formula is C12H16N2O. The molecule has 0 aliphatic heterocycles. The summed E-state index contributed by atoms with van der Waals surface area (Å²) in [5, 5.41) is 9.38. The Hall–Kier alpha value is -1.35. The Morgan fingerprint density at radius 3 is 2.80 bits per heavy atom. The first-order valence-corrected chi connectivity index (χ1v) is 5.22. The summed E-state index contributed by atoms with van der Waals surface area (Å²) < 4.78 is 1.98. The number of aliphatic hydroxyl groups excluding tert-OH is 1. The van der Waals surface area contributed by atoms with Crippen molar-refractivity contribution in [2.45, 2.75) is 33.3 Å². The predicted octanol–water partition coefficient (Wildman–Crippen LogP) is 2.26. The van der Waals surface area contributed by atoms with E-state index in [4.69, 9.17) is 0 Å². The van der Waals surface area contributed by atoms with Crippen LogP contribution >= 0.6 is 0 Å². The van der Waals surface area contributed by atoms with Gasteiger partial charge in [-0.05, 0) is 24.5 Å². The molecule has 0 fully saturated rings. The average Bonchev–Trinajstić information content (AvgIpc) is 2.57. The van der Waals surface area contributed by atoms with E-state index in [0.717, 1.165) is 22.6 Å².